The van der Waals surface area contributed by atoms with E-state index in [1.165, 1.54) is 6.07 Å². The van der Waals surface area contributed by atoms with Gasteiger partial charge < -0.3 is 29.7 Å². The van der Waals surface area contributed by atoms with E-state index in [0.717, 1.165) is 76.7 Å². The summed E-state index contributed by atoms with van der Waals surface area (Å²) in [5.41, 5.74) is -1.52. The van der Waals surface area contributed by atoms with Gasteiger partial charge in [0.05, 0.1) is 17.5 Å². The number of amides is 2. The molecule has 5 aliphatic rings. The van der Waals surface area contributed by atoms with Crippen LogP contribution in [0.3, 0.4) is 0 Å². The van der Waals surface area contributed by atoms with Crippen LogP contribution in [0, 0.1) is 22.7 Å². The van der Waals surface area contributed by atoms with Crippen LogP contribution in [-0.2, 0) is 0 Å². The fourth-order valence-corrected chi connectivity index (χ4v) is 9.87. The van der Waals surface area contributed by atoms with Gasteiger partial charge in [0, 0.05) is 50.7 Å². The Morgan fingerprint density at radius 3 is 2.42 bits per heavy atom. The second kappa shape index (κ2) is 9.07. The topological polar surface area (TPSA) is 106 Å². The van der Waals surface area contributed by atoms with Gasteiger partial charge in [-0.1, -0.05) is 13.8 Å². The Morgan fingerprint density at radius 2 is 1.71 bits per heavy atom. The van der Waals surface area contributed by atoms with Crippen molar-refractivity contribution in [2.45, 2.75) is 94.8 Å². The van der Waals surface area contributed by atoms with Crippen LogP contribution in [0.25, 0.3) is 0 Å². The summed E-state index contributed by atoms with van der Waals surface area (Å²) in [5, 5.41) is 28.0. The molecule has 8 nitrogen and oxygen atoms in total. The van der Waals surface area contributed by atoms with Crippen molar-refractivity contribution in [3.05, 3.63) is 34.4 Å². The SMILES string of the molecule is CN(C(=O)N1CCNCC1)[C@H]1CC[C@]2(C)[C@H]3CC[C@]4(C)[C@@H](c5ccc(=O)oc5)CC[C@]4(O)[C@@H]3CC[C@]2(O)C1. The third-order valence-electron chi connectivity index (χ3n) is 12.3. The predicted octanol–water partition coefficient (Wildman–Crippen LogP) is 3.32. The van der Waals surface area contributed by atoms with Gasteiger partial charge in [0.1, 0.15) is 0 Å². The van der Waals surface area contributed by atoms with Crippen molar-refractivity contribution in [2.24, 2.45) is 22.7 Å². The molecule has 2 heterocycles. The Kier molecular flexibility index (Phi) is 6.28. The first kappa shape index (κ1) is 26.3. The Morgan fingerprint density at radius 1 is 1.00 bits per heavy atom. The lowest BCUT2D eigenvalue weighted by molar-refractivity contribution is -0.249. The van der Waals surface area contributed by atoms with Crippen molar-refractivity contribution in [3.63, 3.8) is 0 Å². The normalized spacial score (nSPS) is 44.6. The Balaban J connectivity index is 1.22. The number of nitrogens with one attached hydrogen (secondary N) is 1. The van der Waals surface area contributed by atoms with E-state index in [1.54, 1.807) is 6.26 Å². The number of carbonyl (C=O) groups excluding carboxylic acids is 1. The highest BCUT2D eigenvalue weighted by Crippen LogP contribution is 2.71. The fourth-order valence-electron chi connectivity index (χ4n) is 9.87. The van der Waals surface area contributed by atoms with Crippen molar-refractivity contribution in [3.8, 4) is 0 Å². The lowest BCUT2D eigenvalue weighted by atomic mass is 9.41. The fraction of sp³-hybridized carbons (Fsp3) is 0.800. The summed E-state index contributed by atoms with van der Waals surface area (Å²) in [6.07, 6.45) is 8.94. The van der Waals surface area contributed by atoms with Crippen LogP contribution >= 0.6 is 0 Å². The average Bonchev–Trinajstić information content (AvgIpc) is 3.20. The van der Waals surface area contributed by atoms with E-state index < -0.39 is 11.2 Å². The molecule has 8 heteroatoms. The lowest BCUT2D eigenvalue weighted by Gasteiger charge is -2.66. The molecule has 0 spiro atoms. The van der Waals surface area contributed by atoms with Gasteiger partial charge in [-0.25, -0.2) is 9.59 Å². The Bertz CT molecular complexity index is 1110. The molecule has 1 aliphatic heterocycles. The minimum atomic E-state index is -0.833. The molecule has 4 saturated carbocycles. The number of urea groups is 1. The van der Waals surface area contributed by atoms with E-state index in [1.807, 2.05) is 22.9 Å². The van der Waals surface area contributed by atoms with Crippen molar-refractivity contribution >= 4 is 6.03 Å². The maximum absolute atomic E-state index is 13.2. The quantitative estimate of drug-likeness (QED) is 0.545. The molecule has 6 rings (SSSR count). The minimum absolute atomic E-state index is 0.0348. The molecule has 8 atom stereocenters. The zero-order valence-electron chi connectivity index (χ0n) is 23.2. The summed E-state index contributed by atoms with van der Waals surface area (Å²) in [7, 11) is 1.91. The van der Waals surface area contributed by atoms with Gasteiger partial charge in [-0.2, -0.15) is 0 Å². The number of hydrogen-bond acceptors (Lipinski definition) is 6. The van der Waals surface area contributed by atoms with Crippen LogP contribution in [0.2, 0.25) is 0 Å². The first-order chi connectivity index (χ1) is 18.0. The van der Waals surface area contributed by atoms with Crippen molar-refractivity contribution in [2.75, 3.05) is 33.2 Å². The Labute approximate surface area is 225 Å². The maximum Gasteiger partial charge on any atom is 0.335 e. The molecule has 210 valence electrons. The highest BCUT2D eigenvalue weighted by Gasteiger charge is 2.70. The predicted molar refractivity (Wildman–Crippen MR) is 144 cm³/mol. The Hall–Kier alpha value is -1.90. The molecule has 5 fully saturated rings. The monoisotopic (exact) mass is 527 g/mol. The number of rotatable bonds is 2. The van der Waals surface area contributed by atoms with Gasteiger partial charge in [0.2, 0.25) is 0 Å². The maximum atomic E-state index is 13.2. The number of nitrogens with zero attached hydrogens (tertiary/aromatic N) is 2. The van der Waals surface area contributed by atoms with Gasteiger partial charge in [-0.15, -0.1) is 0 Å². The van der Waals surface area contributed by atoms with Crippen LogP contribution in [-0.4, -0.2) is 76.5 Å². The summed E-state index contributed by atoms with van der Waals surface area (Å²) in [4.78, 5) is 28.6. The van der Waals surface area contributed by atoms with E-state index >= 15 is 0 Å². The molecule has 38 heavy (non-hydrogen) atoms. The lowest BCUT2D eigenvalue weighted by Crippen LogP contribution is -2.68. The zero-order chi connectivity index (χ0) is 26.9. The largest absolute Gasteiger partial charge is 0.431 e. The summed E-state index contributed by atoms with van der Waals surface area (Å²) >= 11 is 0. The highest BCUT2D eigenvalue weighted by atomic mass is 16.4. The standard InChI is InChI=1S/C30H45N3O5/c1-27-10-6-21(32(3)26(35)33-16-14-31-15-17-33)18-29(27,36)12-8-24-23(27)7-11-28(2)22(9-13-30(24,28)37)20-4-5-25(34)38-19-20/h4-5,19,21-24,31,36-37H,6-18H2,1-3H3/t21-,22+,23-,24+,27+,28+,29-,30-/m0/s1. The van der Waals surface area contributed by atoms with E-state index in [2.05, 4.69) is 19.2 Å². The summed E-state index contributed by atoms with van der Waals surface area (Å²) in [6.45, 7) is 7.63. The van der Waals surface area contributed by atoms with Gasteiger partial charge in [-0.3, -0.25) is 0 Å². The van der Waals surface area contributed by atoms with E-state index in [-0.39, 0.29) is 46.3 Å². The molecular formula is C30H45N3O5. The molecule has 0 unspecified atom stereocenters. The van der Waals surface area contributed by atoms with Gasteiger partial charge >= 0.3 is 11.7 Å². The minimum Gasteiger partial charge on any atom is -0.431 e. The zero-order valence-corrected chi connectivity index (χ0v) is 23.2. The van der Waals surface area contributed by atoms with Gasteiger partial charge in [0.25, 0.3) is 0 Å². The van der Waals surface area contributed by atoms with E-state index in [9.17, 15) is 19.8 Å². The highest BCUT2D eigenvalue weighted by molar-refractivity contribution is 5.74. The average molecular weight is 528 g/mol. The number of hydrogen-bond donors (Lipinski definition) is 3. The smallest absolute Gasteiger partial charge is 0.335 e. The third kappa shape index (κ3) is 3.66. The van der Waals surface area contributed by atoms with E-state index in [4.69, 9.17) is 4.42 Å². The second-order valence-corrected chi connectivity index (χ2v) is 13.6. The first-order valence-electron chi connectivity index (χ1n) is 14.8. The molecule has 1 aromatic rings. The molecule has 0 aromatic carbocycles. The summed E-state index contributed by atoms with van der Waals surface area (Å²) < 4.78 is 5.22. The number of fused-ring (bicyclic) bond motifs is 5. The molecule has 2 amide bonds. The molecule has 1 saturated heterocycles. The van der Waals surface area contributed by atoms with E-state index in [0.29, 0.717) is 12.8 Å². The number of piperazine rings is 1. The molecule has 0 radical (unpaired) electrons. The molecule has 4 aliphatic carbocycles. The van der Waals surface area contributed by atoms with Crippen LogP contribution in [0.4, 0.5) is 4.79 Å². The summed E-state index contributed by atoms with van der Waals surface area (Å²) in [6, 6.07) is 3.48. The van der Waals surface area contributed by atoms with Crippen molar-refractivity contribution < 1.29 is 19.4 Å². The molecule has 0 bridgehead atoms. The van der Waals surface area contributed by atoms with Crippen LogP contribution in [0.5, 0.6) is 0 Å². The van der Waals surface area contributed by atoms with Crippen LogP contribution < -0.4 is 10.9 Å². The molecular weight excluding hydrogens is 482 g/mol. The van der Waals surface area contributed by atoms with Crippen molar-refractivity contribution in [1.82, 2.24) is 15.1 Å². The number of aliphatic hydroxyl groups is 2. The van der Waals surface area contributed by atoms with Gasteiger partial charge in [-0.05, 0) is 92.6 Å². The first-order valence-corrected chi connectivity index (χ1v) is 14.8. The van der Waals surface area contributed by atoms with Crippen LogP contribution in [0.15, 0.2) is 27.6 Å². The summed E-state index contributed by atoms with van der Waals surface area (Å²) in [5.74, 6) is 0.553. The molecule has 3 N–H and O–H groups in total. The van der Waals surface area contributed by atoms with Crippen LogP contribution in [0.1, 0.15) is 83.1 Å². The van der Waals surface area contributed by atoms with Crippen molar-refractivity contribution in [1.29, 1.82) is 0 Å². The third-order valence-corrected chi connectivity index (χ3v) is 12.3. The van der Waals surface area contributed by atoms with Gasteiger partial charge in [0.15, 0.2) is 0 Å². The second-order valence-electron chi connectivity index (χ2n) is 13.6. The molecule has 1 aromatic heterocycles. The number of carbonyl (C=O) groups is 1.